The van der Waals surface area contributed by atoms with Gasteiger partial charge in [0.2, 0.25) is 0 Å². The highest BCUT2D eigenvalue weighted by Gasteiger charge is 2.07. The summed E-state index contributed by atoms with van der Waals surface area (Å²) in [7, 11) is 0. The van der Waals surface area contributed by atoms with Crippen LogP contribution in [0.2, 0.25) is 0 Å². The van der Waals surface area contributed by atoms with Gasteiger partial charge in [-0.15, -0.1) is 0 Å². The summed E-state index contributed by atoms with van der Waals surface area (Å²) in [6.07, 6.45) is 1.59. The van der Waals surface area contributed by atoms with Gasteiger partial charge in [0, 0.05) is 5.56 Å². The second kappa shape index (κ2) is 8.45. The zero-order chi connectivity index (χ0) is 17.3. The monoisotopic (exact) mass is 330 g/mol. The van der Waals surface area contributed by atoms with Gasteiger partial charge >= 0.3 is 0 Å². The zero-order valence-corrected chi connectivity index (χ0v) is 13.6. The van der Waals surface area contributed by atoms with Crippen LogP contribution in [0.4, 0.5) is 0 Å². The van der Waals surface area contributed by atoms with E-state index in [0.29, 0.717) is 5.75 Å². The first-order chi connectivity index (χ1) is 12.3. The normalized spacial score (nSPS) is 10.6. The molecule has 3 rings (SSSR count). The van der Waals surface area contributed by atoms with Crippen LogP contribution in [0.25, 0.3) is 11.1 Å². The van der Waals surface area contributed by atoms with E-state index in [1.165, 1.54) is 0 Å². The number of ether oxygens (including phenoxy) is 1. The third kappa shape index (κ3) is 4.78. The first-order valence-electron chi connectivity index (χ1n) is 7.97. The van der Waals surface area contributed by atoms with Crippen molar-refractivity contribution in [3.05, 3.63) is 90.5 Å². The number of hydrogen-bond donors (Lipinski definition) is 1. The fraction of sp³-hybridized carbons (Fsp3) is 0.0476. The third-order valence-corrected chi connectivity index (χ3v) is 3.53. The molecular weight excluding hydrogens is 312 g/mol. The average Bonchev–Trinajstić information content (AvgIpc) is 2.68. The van der Waals surface area contributed by atoms with Gasteiger partial charge in [-0.25, -0.2) is 5.43 Å². The predicted molar refractivity (Wildman–Crippen MR) is 99.6 cm³/mol. The lowest BCUT2D eigenvalue weighted by Crippen LogP contribution is -2.24. The van der Waals surface area contributed by atoms with Gasteiger partial charge in [-0.1, -0.05) is 78.9 Å². The highest BCUT2D eigenvalue weighted by atomic mass is 16.5. The van der Waals surface area contributed by atoms with Crippen LogP contribution in [0.3, 0.4) is 0 Å². The Morgan fingerprint density at radius 1 is 0.880 bits per heavy atom. The standard InChI is InChI=1S/C21H18N2O2/c24-21(23-22-15-17-9-3-1-4-10-17)16-25-20-14-8-7-13-19(20)18-11-5-2-6-12-18/h1-15H,16H2,(H,23,24)/b22-15-. The van der Waals surface area contributed by atoms with Crippen molar-refractivity contribution in [1.82, 2.24) is 5.43 Å². The molecule has 4 nitrogen and oxygen atoms in total. The number of benzene rings is 3. The fourth-order valence-electron chi connectivity index (χ4n) is 2.34. The summed E-state index contributed by atoms with van der Waals surface area (Å²) >= 11 is 0. The van der Waals surface area contributed by atoms with Crippen LogP contribution in [0, 0.1) is 0 Å². The van der Waals surface area contributed by atoms with Gasteiger partial charge < -0.3 is 4.74 Å². The quantitative estimate of drug-likeness (QED) is 0.551. The Morgan fingerprint density at radius 2 is 1.52 bits per heavy atom. The molecule has 0 radical (unpaired) electrons. The first kappa shape index (κ1) is 16.5. The molecule has 4 heteroatoms. The fourth-order valence-corrected chi connectivity index (χ4v) is 2.34. The third-order valence-electron chi connectivity index (χ3n) is 3.53. The van der Waals surface area contributed by atoms with Crippen molar-refractivity contribution in [1.29, 1.82) is 0 Å². The SMILES string of the molecule is O=C(COc1ccccc1-c1ccccc1)N/N=C\c1ccccc1. The van der Waals surface area contributed by atoms with Crippen molar-refractivity contribution < 1.29 is 9.53 Å². The van der Waals surface area contributed by atoms with Gasteiger partial charge in [-0.3, -0.25) is 4.79 Å². The van der Waals surface area contributed by atoms with Crippen molar-refractivity contribution in [3.8, 4) is 16.9 Å². The topological polar surface area (TPSA) is 50.7 Å². The summed E-state index contributed by atoms with van der Waals surface area (Å²) < 4.78 is 5.67. The predicted octanol–water partition coefficient (Wildman–Crippen LogP) is 3.88. The van der Waals surface area contributed by atoms with E-state index in [2.05, 4.69) is 10.5 Å². The summed E-state index contributed by atoms with van der Waals surface area (Å²) in [4.78, 5) is 11.9. The Hall–Kier alpha value is -3.40. The van der Waals surface area contributed by atoms with Crippen LogP contribution in [-0.2, 0) is 4.79 Å². The molecule has 1 amide bonds. The van der Waals surface area contributed by atoms with Crippen LogP contribution in [0.5, 0.6) is 5.75 Å². The van der Waals surface area contributed by atoms with E-state index < -0.39 is 0 Å². The Labute approximate surface area is 146 Å². The van der Waals surface area contributed by atoms with E-state index in [0.717, 1.165) is 16.7 Å². The van der Waals surface area contributed by atoms with Crippen molar-refractivity contribution >= 4 is 12.1 Å². The van der Waals surface area contributed by atoms with Crippen molar-refractivity contribution in [2.45, 2.75) is 0 Å². The maximum atomic E-state index is 11.9. The molecule has 3 aromatic carbocycles. The number of para-hydroxylation sites is 1. The lowest BCUT2D eigenvalue weighted by molar-refractivity contribution is -0.123. The van der Waals surface area contributed by atoms with Crippen LogP contribution in [-0.4, -0.2) is 18.7 Å². The molecule has 0 aliphatic heterocycles. The number of rotatable bonds is 6. The Balaban J connectivity index is 1.59. The molecule has 0 unspecified atom stereocenters. The Kier molecular flexibility index (Phi) is 5.56. The minimum absolute atomic E-state index is 0.101. The van der Waals surface area contributed by atoms with E-state index >= 15 is 0 Å². The maximum Gasteiger partial charge on any atom is 0.277 e. The van der Waals surface area contributed by atoms with Crippen LogP contribution in [0.15, 0.2) is 90.0 Å². The largest absolute Gasteiger partial charge is 0.483 e. The molecule has 0 aliphatic carbocycles. The molecule has 124 valence electrons. The number of amides is 1. The smallest absolute Gasteiger partial charge is 0.277 e. The molecule has 0 atom stereocenters. The molecule has 0 aromatic heterocycles. The van der Waals surface area contributed by atoms with Crippen molar-refractivity contribution in [2.75, 3.05) is 6.61 Å². The van der Waals surface area contributed by atoms with E-state index in [4.69, 9.17) is 4.74 Å². The molecule has 3 aromatic rings. The lowest BCUT2D eigenvalue weighted by atomic mass is 10.1. The summed E-state index contributed by atoms with van der Waals surface area (Å²) in [5.41, 5.74) is 5.37. The molecule has 25 heavy (non-hydrogen) atoms. The van der Waals surface area contributed by atoms with E-state index in [-0.39, 0.29) is 12.5 Å². The van der Waals surface area contributed by atoms with Gasteiger partial charge in [0.1, 0.15) is 5.75 Å². The van der Waals surface area contributed by atoms with Crippen molar-refractivity contribution in [3.63, 3.8) is 0 Å². The van der Waals surface area contributed by atoms with Crippen LogP contribution < -0.4 is 10.2 Å². The summed E-state index contributed by atoms with van der Waals surface area (Å²) in [5, 5.41) is 3.93. The molecule has 0 saturated heterocycles. The van der Waals surface area contributed by atoms with Gasteiger partial charge in [-0.05, 0) is 17.2 Å². The Morgan fingerprint density at radius 3 is 2.28 bits per heavy atom. The molecule has 0 saturated carbocycles. The summed E-state index contributed by atoms with van der Waals surface area (Å²) in [6, 6.07) is 27.1. The molecule has 0 fully saturated rings. The minimum atomic E-state index is -0.310. The summed E-state index contributed by atoms with van der Waals surface area (Å²) in [6.45, 7) is -0.101. The molecular formula is C21H18N2O2. The van der Waals surface area contributed by atoms with Gasteiger partial charge in [0.05, 0.1) is 6.21 Å². The molecule has 1 N–H and O–H groups in total. The molecule has 0 bridgehead atoms. The molecule has 0 aliphatic rings. The lowest BCUT2D eigenvalue weighted by Gasteiger charge is -2.10. The second-order valence-electron chi connectivity index (χ2n) is 5.35. The Bertz CT molecular complexity index is 846. The minimum Gasteiger partial charge on any atom is -0.483 e. The number of carbonyl (C=O) groups is 1. The number of hydrazone groups is 1. The first-order valence-corrected chi connectivity index (χ1v) is 7.97. The van der Waals surface area contributed by atoms with Crippen molar-refractivity contribution in [2.24, 2.45) is 5.10 Å². The zero-order valence-electron chi connectivity index (χ0n) is 13.6. The molecule has 0 heterocycles. The maximum absolute atomic E-state index is 11.9. The number of nitrogens with one attached hydrogen (secondary N) is 1. The van der Waals surface area contributed by atoms with E-state index in [1.807, 2.05) is 84.9 Å². The van der Waals surface area contributed by atoms with Crippen LogP contribution >= 0.6 is 0 Å². The number of carbonyl (C=O) groups excluding carboxylic acids is 1. The van der Waals surface area contributed by atoms with Gasteiger partial charge in [0.15, 0.2) is 6.61 Å². The number of nitrogens with zero attached hydrogens (tertiary/aromatic N) is 1. The van der Waals surface area contributed by atoms with E-state index in [1.54, 1.807) is 6.21 Å². The van der Waals surface area contributed by atoms with Gasteiger partial charge in [-0.2, -0.15) is 5.10 Å². The summed E-state index contributed by atoms with van der Waals surface area (Å²) in [5.74, 6) is 0.353. The second-order valence-corrected chi connectivity index (χ2v) is 5.35. The van der Waals surface area contributed by atoms with Gasteiger partial charge in [0.25, 0.3) is 5.91 Å². The highest BCUT2D eigenvalue weighted by Crippen LogP contribution is 2.29. The number of hydrogen-bond acceptors (Lipinski definition) is 3. The van der Waals surface area contributed by atoms with Crippen LogP contribution in [0.1, 0.15) is 5.56 Å². The highest BCUT2D eigenvalue weighted by molar-refractivity contribution is 5.83. The van der Waals surface area contributed by atoms with E-state index in [9.17, 15) is 4.79 Å². The average molecular weight is 330 g/mol. The molecule has 0 spiro atoms.